The van der Waals surface area contributed by atoms with Gasteiger partial charge in [-0.15, -0.1) is 0 Å². The number of rotatable bonds is 7. The lowest BCUT2D eigenvalue weighted by Gasteiger charge is -2.41. The number of pyridine rings is 1. The van der Waals surface area contributed by atoms with Gasteiger partial charge in [0.25, 0.3) is 5.91 Å². The highest BCUT2D eigenvalue weighted by molar-refractivity contribution is 5.93. The van der Waals surface area contributed by atoms with Crippen molar-refractivity contribution in [3.8, 4) is 23.3 Å². The molecular weight excluding hydrogens is 576 g/mol. The van der Waals surface area contributed by atoms with Gasteiger partial charge in [0.05, 0.1) is 29.5 Å². The average Bonchev–Trinajstić information content (AvgIpc) is 3.32. The number of carbonyl (C=O) groups excluding carboxylic acids is 1. The van der Waals surface area contributed by atoms with Crippen LogP contribution in [0.4, 0.5) is 14.6 Å². The minimum atomic E-state index is -1.06. The normalized spacial score (nSPS) is 24.7. The van der Waals surface area contributed by atoms with E-state index >= 15 is 4.39 Å². The number of carbonyl (C=O) groups is 1. The number of nitriles is 1. The number of hydrogen-bond acceptors (Lipinski definition) is 8. The summed E-state index contributed by atoms with van der Waals surface area (Å²) in [4.78, 5) is 32.4. The summed E-state index contributed by atoms with van der Waals surface area (Å²) in [5, 5.41) is 9.93. The van der Waals surface area contributed by atoms with Crippen LogP contribution in [0.2, 0.25) is 0 Å². The lowest BCUT2D eigenvalue weighted by Crippen LogP contribution is -2.55. The number of aromatic nitrogens is 3. The number of halogens is 2. The van der Waals surface area contributed by atoms with Crippen molar-refractivity contribution in [2.24, 2.45) is 5.92 Å². The summed E-state index contributed by atoms with van der Waals surface area (Å²) in [5.74, 6) is -0.875. The maximum atomic E-state index is 16.7. The van der Waals surface area contributed by atoms with E-state index in [1.165, 1.54) is 16.0 Å². The van der Waals surface area contributed by atoms with Crippen molar-refractivity contribution in [2.45, 2.75) is 62.4 Å². The van der Waals surface area contributed by atoms with E-state index in [1.807, 2.05) is 17.0 Å². The first kappa shape index (κ1) is 28.3. The van der Waals surface area contributed by atoms with Crippen molar-refractivity contribution < 1.29 is 18.3 Å². The third-order valence-electron chi connectivity index (χ3n) is 10.8. The largest absolute Gasteiger partial charge is 0.461 e. The summed E-state index contributed by atoms with van der Waals surface area (Å²) in [6, 6.07) is 7.66. The van der Waals surface area contributed by atoms with Gasteiger partial charge in [-0.25, -0.2) is 8.78 Å². The van der Waals surface area contributed by atoms with Crippen LogP contribution in [0.1, 0.15) is 55.6 Å². The van der Waals surface area contributed by atoms with Gasteiger partial charge in [0.2, 0.25) is 0 Å². The van der Waals surface area contributed by atoms with Crippen LogP contribution in [-0.2, 0) is 11.2 Å². The molecule has 3 atom stereocenters. The highest BCUT2D eigenvalue weighted by Gasteiger charge is 2.47. The van der Waals surface area contributed by atoms with Crippen molar-refractivity contribution in [3.63, 3.8) is 0 Å². The van der Waals surface area contributed by atoms with E-state index < -0.39 is 23.6 Å². The molecule has 3 aromatic rings. The Balaban J connectivity index is 1.20. The Hall–Kier alpha value is -4.17. The molecule has 232 valence electrons. The molecule has 5 heterocycles. The highest BCUT2D eigenvalue weighted by atomic mass is 19.1. The van der Waals surface area contributed by atoms with E-state index in [1.54, 1.807) is 6.20 Å². The summed E-state index contributed by atoms with van der Waals surface area (Å²) < 4.78 is 36.9. The van der Waals surface area contributed by atoms with E-state index in [-0.39, 0.29) is 42.3 Å². The minimum absolute atomic E-state index is 0.00170. The molecule has 0 spiro atoms. The molecule has 8 rings (SSSR count). The third kappa shape index (κ3) is 4.64. The van der Waals surface area contributed by atoms with Gasteiger partial charge in [-0.3, -0.25) is 14.7 Å². The van der Waals surface area contributed by atoms with Crippen LogP contribution in [0.3, 0.4) is 0 Å². The maximum absolute atomic E-state index is 16.7. The number of hydrogen-bond donors (Lipinski definition) is 0. The summed E-state index contributed by atoms with van der Waals surface area (Å²) in [6.45, 7) is 6.33. The lowest BCUT2D eigenvalue weighted by atomic mass is 9.95. The van der Waals surface area contributed by atoms with Crippen LogP contribution in [0, 0.1) is 23.1 Å². The molecule has 2 aliphatic carbocycles. The number of ether oxygens (including phenoxy) is 1. The zero-order chi connectivity index (χ0) is 30.9. The Morgan fingerprint density at radius 2 is 2.00 bits per heavy atom. The maximum Gasteiger partial charge on any atom is 0.319 e. The molecule has 11 heteroatoms. The number of fused-ring (bicyclic) bond motifs is 5. The number of anilines is 1. The monoisotopic (exact) mass is 611 g/mol. The van der Waals surface area contributed by atoms with Gasteiger partial charge in [-0.2, -0.15) is 15.2 Å². The van der Waals surface area contributed by atoms with Crippen LogP contribution in [-0.4, -0.2) is 81.6 Å². The SMILES string of the molecule is C=C(F)C(=O)N1CCN(c2nc(OCC34CCCN3CCC4)nc3c(F)c(-c4cccc5c4[C@@H]4C[C@@H]4C5)ncc23)C[C@@H]1CC#N. The van der Waals surface area contributed by atoms with Crippen LogP contribution in [0.5, 0.6) is 6.01 Å². The second-order valence-electron chi connectivity index (χ2n) is 13.3. The molecule has 0 unspecified atom stereocenters. The number of benzene rings is 1. The zero-order valence-electron chi connectivity index (χ0n) is 25.1. The number of piperazine rings is 1. The van der Waals surface area contributed by atoms with Crippen molar-refractivity contribution in [2.75, 3.05) is 44.2 Å². The molecule has 0 N–H and O–H groups in total. The van der Waals surface area contributed by atoms with Crippen LogP contribution >= 0.6 is 0 Å². The van der Waals surface area contributed by atoms with Gasteiger partial charge in [-0.05, 0) is 74.6 Å². The Labute approximate surface area is 260 Å². The first-order valence-corrected chi connectivity index (χ1v) is 16.0. The standard InChI is InChI=1S/C34H35F2N7O2/c1-20(35)32(44)43-14-13-41(18-23(43)7-10-37)31-26-17-38-29(24-6-2-5-21-15-22-16-25(22)27(21)24)28(36)30(26)39-33(40-31)45-19-34-8-3-11-42(34)12-4-9-34/h2,5-6,17,22-23,25H,1,3-4,7-9,11-16,18-19H2/t22-,23-,25+/m0/s1. The Kier molecular flexibility index (Phi) is 6.75. The van der Waals surface area contributed by atoms with E-state index in [4.69, 9.17) is 9.72 Å². The molecule has 9 nitrogen and oxygen atoms in total. The molecule has 4 fully saturated rings. The van der Waals surface area contributed by atoms with Crippen LogP contribution in [0.15, 0.2) is 36.8 Å². The molecule has 1 aromatic carbocycles. The Morgan fingerprint density at radius 1 is 1.18 bits per heavy atom. The second-order valence-corrected chi connectivity index (χ2v) is 13.3. The Bertz CT molecular complexity index is 1760. The fraction of sp³-hybridized carbons (Fsp3) is 0.500. The molecule has 3 saturated heterocycles. The topological polar surface area (TPSA) is 98.5 Å². The number of nitrogens with zero attached hydrogens (tertiary/aromatic N) is 7. The molecule has 2 aromatic heterocycles. The van der Waals surface area contributed by atoms with Gasteiger partial charge in [0, 0.05) is 31.4 Å². The lowest BCUT2D eigenvalue weighted by molar-refractivity contribution is -0.131. The van der Waals surface area contributed by atoms with Crippen molar-refractivity contribution in [1.82, 2.24) is 24.8 Å². The second kappa shape index (κ2) is 10.7. The first-order chi connectivity index (χ1) is 21.9. The van der Waals surface area contributed by atoms with E-state index in [9.17, 15) is 14.4 Å². The van der Waals surface area contributed by atoms with Crippen molar-refractivity contribution in [3.05, 3.63) is 53.7 Å². The van der Waals surface area contributed by atoms with Gasteiger partial charge < -0.3 is 14.5 Å². The van der Waals surface area contributed by atoms with Crippen LogP contribution < -0.4 is 9.64 Å². The third-order valence-corrected chi connectivity index (χ3v) is 10.8. The predicted molar refractivity (Wildman–Crippen MR) is 164 cm³/mol. The summed E-state index contributed by atoms with van der Waals surface area (Å²) in [5.41, 5.74) is 3.64. The van der Waals surface area contributed by atoms with Crippen LogP contribution in [0.25, 0.3) is 22.2 Å². The van der Waals surface area contributed by atoms with Gasteiger partial charge in [0.1, 0.15) is 23.6 Å². The first-order valence-electron chi connectivity index (χ1n) is 16.0. The van der Waals surface area contributed by atoms with Crippen molar-refractivity contribution >= 4 is 22.6 Å². The van der Waals surface area contributed by atoms with Gasteiger partial charge in [0.15, 0.2) is 11.6 Å². The quantitative estimate of drug-likeness (QED) is 0.348. The molecule has 45 heavy (non-hydrogen) atoms. The molecular formula is C34H35F2N7O2. The van der Waals surface area contributed by atoms with Gasteiger partial charge in [-0.1, -0.05) is 24.8 Å². The van der Waals surface area contributed by atoms with Gasteiger partial charge >= 0.3 is 6.01 Å². The summed E-state index contributed by atoms with van der Waals surface area (Å²) >= 11 is 0. The molecule has 3 aliphatic heterocycles. The van der Waals surface area contributed by atoms with Crippen molar-refractivity contribution in [1.29, 1.82) is 5.26 Å². The summed E-state index contributed by atoms with van der Waals surface area (Å²) in [6.07, 6.45) is 8.12. The highest BCUT2D eigenvalue weighted by Crippen LogP contribution is 2.58. The fourth-order valence-corrected chi connectivity index (χ4v) is 8.47. The fourth-order valence-electron chi connectivity index (χ4n) is 8.47. The average molecular weight is 612 g/mol. The molecule has 0 bridgehead atoms. The molecule has 5 aliphatic rings. The van der Waals surface area contributed by atoms with E-state index in [0.29, 0.717) is 36.2 Å². The summed E-state index contributed by atoms with van der Waals surface area (Å²) in [7, 11) is 0. The van der Waals surface area contributed by atoms with E-state index in [0.717, 1.165) is 57.2 Å². The smallest absolute Gasteiger partial charge is 0.319 e. The molecule has 0 radical (unpaired) electrons. The molecule has 1 saturated carbocycles. The Morgan fingerprint density at radius 3 is 2.78 bits per heavy atom. The predicted octanol–water partition coefficient (Wildman–Crippen LogP) is 4.91. The van der Waals surface area contributed by atoms with E-state index in [2.05, 4.69) is 33.6 Å². The zero-order valence-corrected chi connectivity index (χ0v) is 25.1. The molecule has 1 amide bonds. The number of amides is 1. The minimum Gasteiger partial charge on any atom is -0.461 e.